The second-order valence-electron chi connectivity index (χ2n) is 5.22. The topological polar surface area (TPSA) is 52.6 Å². The molecule has 22 heavy (non-hydrogen) atoms. The molecule has 0 spiro atoms. The number of rotatable bonds is 4. The van der Waals surface area contributed by atoms with Crippen LogP contribution < -0.4 is 4.74 Å². The number of Topliss-reactive ketones (excluding diaryl/α,β-unsaturated/α-hetero) is 1. The van der Waals surface area contributed by atoms with Gasteiger partial charge in [-0.05, 0) is 41.8 Å². The van der Waals surface area contributed by atoms with Gasteiger partial charge in [-0.3, -0.25) is 4.79 Å². The van der Waals surface area contributed by atoms with Crippen molar-refractivity contribution in [3.8, 4) is 5.75 Å². The summed E-state index contributed by atoms with van der Waals surface area (Å²) in [6.07, 6.45) is 1.41. The van der Waals surface area contributed by atoms with Crippen molar-refractivity contribution in [3.63, 3.8) is 0 Å². The molecule has 0 aromatic heterocycles. The lowest BCUT2D eigenvalue weighted by atomic mass is 10.1. The van der Waals surface area contributed by atoms with Gasteiger partial charge in [-0.15, -0.1) is 0 Å². The van der Waals surface area contributed by atoms with Crippen molar-refractivity contribution in [1.29, 1.82) is 0 Å². The van der Waals surface area contributed by atoms with Gasteiger partial charge in [0.1, 0.15) is 12.4 Å². The number of fused-ring (bicyclic) bond motifs is 1. The van der Waals surface area contributed by atoms with Gasteiger partial charge in [0.25, 0.3) is 0 Å². The zero-order valence-corrected chi connectivity index (χ0v) is 12.3. The highest BCUT2D eigenvalue weighted by Gasteiger charge is 2.19. The highest BCUT2D eigenvalue weighted by atomic mass is 16.5. The van der Waals surface area contributed by atoms with Gasteiger partial charge in [0.15, 0.2) is 5.78 Å². The van der Waals surface area contributed by atoms with E-state index in [9.17, 15) is 9.59 Å². The van der Waals surface area contributed by atoms with E-state index in [2.05, 4.69) is 4.74 Å². The maximum Gasteiger partial charge on any atom is 0.337 e. The molecule has 2 aromatic rings. The summed E-state index contributed by atoms with van der Waals surface area (Å²) in [5.41, 5.74) is 3.33. The second kappa shape index (κ2) is 6.02. The molecule has 1 aliphatic rings. The highest BCUT2D eigenvalue weighted by molar-refractivity contribution is 6.00. The predicted octanol–water partition coefficient (Wildman–Crippen LogP) is 3.18. The number of hydrogen-bond donors (Lipinski definition) is 0. The lowest BCUT2D eigenvalue weighted by Crippen LogP contribution is -2.02. The van der Waals surface area contributed by atoms with Crippen molar-refractivity contribution in [3.05, 3.63) is 64.7 Å². The summed E-state index contributed by atoms with van der Waals surface area (Å²) in [5, 5.41) is 0. The number of carbonyl (C=O) groups excluding carboxylic acids is 2. The first kappa shape index (κ1) is 14.3. The third-order valence-electron chi connectivity index (χ3n) is 3.78. The monoisotopic (exact) mass is 296 g/mol. The molecule has 3 rings (SSSR count). The van der Waals surface area contributed by atoms with Gasteiger partial charge in [0, 0.05) is 12.0 Å². The Morgan fingerprint density at radius 3 is 2.59 bits per heavy atom. The van der Waals surface area contributed by atoms with E-state index in [0.717, 1.165) is 23.1 Å². The van der Waals surface area contributed by atoms with Gasteiger partial charge in [0.05, 0.1) is 12.7 Å². The van der Waals surface area contributed by atoms with E-state index in [1.54, 1.807) is 12.1 Å². The number of benzene rings is 2. The molecule has 0 unspecified atom stereocenters. The Balaban J connectivity index is 1.67. The van der Waals surface area contributed by atoms with Gasteiger partial charge in [-0.1, -0.05) is 18.2 Å². The summed E-state index contributed by atoms with van der Waals surface area (Å²) in [5.74, 6) is 0.513. The molecule has 0 heterocycles. The van der Waals surface area contributed by atoms with Crippen LogP contribution in [0.25, 0.3) is 0 Å². The van der Waals surface area contributed by atoms with E-state index in [1.807, 2.05) is 30.3 Å². The first-order valence-electron chi connectivity index (χ1n) is 7.13. The van der Waals surface area contributed by atoms with Crippen LogP contribution in [0.2, 0.25) is 0 Å². The van der Waals surface area contributed by atoms with Gasteiger partial charge in [-0.2, -0.15) is 0 Å². The fraction of sp³-hybridized carbons (Fsp3) is 0.222. The lowest BCUT2D eigenvalue weighted by molar-refractivity contribution is 0.0600. The molecule has 0 bridgehead atoms. The van der Waals surface area contributed by atoms with Crippen LogP contribution in [0.4, 0.5) is 0 Å². The average molecular weight is 296 g/mol. The van der Waals surface area contributed by atoms with Gasteiger partial charge in [0.2, 0.25) is 0 Å². The highest BCUT2D eigenvalue weighted by Crippen LogP contribution is 2.26. The summed E-state index contributed by atoms with van der Waals surface area (Å²) in [6.45, 7) is 0.383. The number of hydrogen-bond acceptors (Lipinski definition) is 4. The summed E-state index contributed by atoms with van der Waals surface area (Å²) in [6, 6.07) is 12.7. The zero-order valence-electron chi connectivity index (χ0n) is 12.3. The molecule has 0 amide bonds. The maximum atomic E-state index is 11.7. The SMILES string of the molecule is COC(=O)c1ccc(COc2ccc3c(c2)C(=O)CC3)cc1. The van der Waals surface area contributed by atoms with Crippen molar-refractivity contribution in [2.75, 3.05) is 7.11 Å². The molecule has 0 fully saturated rings. The molecule has 4 heteroatoms. The van der Waals surface area contributed by atoms with E-state index < -0.39 is 0 Å². The van der Waals surface area contributed by atoms with Crippen LogP contribution >= 0.6 is 0 Å². The van der Waals surface area contributed by atoms with E-state index in [4.69, 9.17) is 4.74 Å². The van der Waals surface area contributed by atoms with E-state index in [0.29, 0.717) is 24.3 Å². The molecule has 2 aromatic carbocycles. The smallest absolute Gasteiger partial charge is 0.337 e. The van der Waals surface area contributed by atoms with Crippen LogP contribution in [0.3, 0.4) is 0 Å². The van der Waals surface area contributed by atoms with Crippen molar-refractivity contribution in [1.82, 2.24) is 0 Å². The summed E-state index contributed by atoms with van der Waals surface area (Å²) < 4.78 is 10.4. The molecular weight excluding hydrogens is 280 g/mol. The number of esters is 1. The fourth-order valence-corrected chi connectivity index (χ4v) is 2.53. The molecule has 0 saturated heterocycles. The second-order valence-corrected chi connectivity index (χ2v) is 5.22. The van der Waals surface area contributed by atoms with Gasteiger partial charge in [-0.25, -0.2) is 4.79 Å². The molecule has 0 atom stereocenters. The Morgan fingerprint density at radius 1 is 1.09 bits per heavy atom. The first-order chi connectivity index (χ1) is 10.7. The van der Waals surface area contributed by atoms with E-state index in [-0.39, 0.29) is 11.8 Å². The van der Waals surface area contributed by atoms with Crippen LogP contribution in [-0.4, -0.2) is 18.9 Å². The molecule has 0 radical (unpaired) electrons. The summed E-state index contributed by atoms with van der Waals surface area (Å²) >= 11 is 0. The first-order valence-corrected chi connectivity index (χ1v) is 7.13. The van der Waals surface area contributed by atoms with Crippen LogP contribution in [0.15, 0.2) is 42.5 Å². The van der Waals surface area contributed by atoms with Crippen molar-refractivity contribution < 1.29 is 19.1 Å². The largest absolute Gasteiger partial charge is 0.489 e. The van der Waals surface area contributed by atoms with Crippen molar-refractivity contribution in [2.45, 2.75) is 19.4 Å². The summed E-state index contributed by atoms with van der Waals surface area (Å²) in [4.78, 5) is 23.1. The van der Waals surface area contributed by atoms with Crippen LogP contribution in [0, 0.1) is 0 Å². The minimum absolute atomic E-state index is 0.183. The standard InChI is InChI=1S/C18H16O4/c1-21-18(20)14-4-2-12(3-5-14)11-22-15-8-6-13-7-9-17(19)16(13)10-15/h2-6,8,10H,7,9,11H2,1H3. The molecule has 0 saturated carbocycles. The van der Waals surface area contributed by atoms with Crippen LogP contribution in [-0.2, 0) is 17.8 Å². The molecule has 1 aliphatic carbocycles. The quantitative estimate of drug-likeness (QED) is 0.813. The van der Waals surface area contributed by atoms with Crippen molar-refractivity contribution >= 4 is 11.8 Å². The maximum absolute atomic E-state index is 11.7. The third kappa shape index (κ3) is 2.86. The molecule has 4 nitrogen and oxygen atoms in total. The van der Waals surface area contributed by atoms with E-state index >= 15 is 0 Å². The van der Waals surface area contributed by atoms with Crippen LogP contribution in [0.1, 0.15) is 38.3 Å². The minimum atomic E-state index is -0.357. The zero-order chi connectivity index (χ0) is 15.5. The Morgan fingerprint density at radius 2 is 1.86 bits per heavy atom. The normalized spacial score (nSPS) is 12.9. The van der Waals surface area contributed by atoms with Crippen LogP contribution in [0.5, 0.6) is 5.75 Å². The summed E-state index contributed by atoms with van der Waals surface area (Å²) in [7, 11) is 1.36. The third-order valence-corrected chi connectivity index (χ3v) is 3.78. The number of methoxy groups -OCH3 is 1. The Kier molecular flexibility index (Phi) is 3.92. The Labute approximate surface area is 128 Å². The number of ether oxygens (including phenoxy) is 2. The predicted molar refractivity (Wildman–Crippen MR) is 81.2 cm³/mol. The van der Waals surface area contributed by atoms with Gasteiger partial charge < -0.3 is 9.47 Å². The molecule has 0 N–H and O–H groups in total. The Hall–Kier alpha value is -2.62. The minimum Gasteiger partial charge on any atom is -0.489 e. The van der Waals surface area contributed by atoms with Crippen molar-refractivity contribution in [2.24, 2.45) is 0 Å². The Bertz CT molecular complexity index is 716. The van der Waals surface area contributed by atoms with Gasteiger partial charge >= 0.3 is 5.97 Å². The van der Waals surface area contributed by atoms with E-state index in [1.165, 1.54) is 7.11 Å². The lowest BCUT2D eigenvalue weighted by Gasteiger charge is -2.08. The number of carbonyl (C=O) groups is 2. The number of aryl methyl sites for hydroxylation is 1. The average Bonchev–Trinajstić information content (AvgIpc) is 2.93. The molecular formula is C18H16O4. The fourth-order valence-electron chi connectivity index (χ4n) is 2.53. The number of ketones is 1. The molecule has 112 valence electrons. The molecule has 0 aliphatic heterocycles.